The van der Waals surface area contributed by atoms with Crippen molar-refractivity contribution in [1.82, 2.24) is 20.3 Å². The Morgan fingerprint density at radius 1 is 1.05 bits per heavy atom. The topological polar surface area (TPSA) is 55.9 Å². The molecule has 2 atom stereocenters. The van der Waals surface area contributed by atoms with E-state index in [-0.39, 0.29) is 12.1 Å². The Morgan fingerprint density at radius 3 is 2.14 bits per heavy atom. The monoisotopic (exact) mass is 290 g/mol. The SMILES string of the molecule is CCn1nc(C)c(C(C)NC(C)c2c(C)noc2C)c1C. The molecule has 0 fully saturated rings. The number of hydrogen-bond acceptors (Lipinski definition) is 4. The molecule has 1 N–H and O–H groups in total. The van der Waals surface area contributed by atoms with E-state index in [2.05, 4.69) is 54.9 Å². The van der Waals surface area contributed by atoms with Gasteiger partial charge in [-0.15, -0.1) is 0 Å². The Labute approximate surface area is 126 Å². The molecule has 0 aromatic carbocycles. The number of rotatable bonds is 5. The van der Waals surface area contributed by atoms with Crippen LogP contribution < -0.4 is 5.32 Å². The molecule has 2 heterocycles. The molecule has 0 aliphatic rings. The van der Waals surface area contributed by atoms with Crippen molar-refractivity contribution in [2.45, 2.75) is 67.1 Å². The lowest BCUT2D eigenvalue weighted by Gasteiger charge is -2.20. The molecule has 5 heteroatoms. The van der Waals surface area contributed by atoms with Gasteiger partial charge in [0, 0.05) is 35.4 Å². The second-order valence-corrected chi connectivity index (χ2v) is 5.75. The van der Waals surface area contributed by atoms with E-state index in [4.69, 9.17) is 4.52 Å². The average molecular weight is 290 g/mol. The van der Waals surface area contributed by atoms with E-state index < -0.39 is 0 Å². The van der Waals surface area contributed by atoms with Gasteiger partial charge in [-0.25, -0.2) is 0 Å². The van der Waals surface area contributed by atoms with Crippen LogP contribution in [0.15, 0.2) is 4.52 Å². The maximum atomic E-state index is 5.27. The Kier molecular flexibility index (Phi) is 4.52. The largest absolute Gasteiger partial charge is 0.361 e. The number of aromatic nitrogens is 3. The van der Waals surface area contributed by atoms with Crippen LogP contribution in [0.5, 0.6) is 0 Å². The van der Waals surface area contributed by atoms with E-state index >= 15 is 0 Å². The van der Waals surface area contributed by atoms with Crippen LogP contribution in [0.25, 0.3) is 0 Å². The van der Waals surface area contributed by atoms with Crippen molar-refractivity contribution in [3.05, 3.63) is 34.0 Å². The van der Waals surface area contributed by atoms with Crippen LogP contribution in [0.1, 0.15) is 66.8 Å². The molecule has 5 nitrogen and oxygen atoms in total. The van der Waals surface area contributed by atoms with Crippen LogP contribution in [0.3, 0.4) is 0 Å². The summed E-state index contributed by atoms with van der Waals surface area (Å²) in [5.41, 5.74) is 5.73. The van der Waals surface area contributed by atoms with Crippen LogP contribution in [0.4, 0.5) is 0 Å². The number of aryl methyl sites for hydroxylation is 4. The highest BCUT2D eigenvalue weighted by Crippen LogP contribution is 2.27. The van der Waals surface area contributed by atoms with Gasteiger partial charge in [-0.3, -0.25) is 4.68 Å². The van der Waals surface area contributed by atoms with Gasteiger partial charge in [-0.1, -0.05) is 5.16 Å². The van der Waals surface area contributed by atoms with Crippen LogP contribution in [0, 0.1) is 27.7 Å². The molecular weight excluding hydrogens is 264 g/mol. The highest BCUT2D eigenvalue weighted by atomic mass is 16.5. The number of hydrogen-bond donors (Lipinski definition) is 1. The van der Waals surface area contributed by atoms with Gasteiger partial charge in [0.25, 0.3) is 0 Å². The minimum absolute atomic E-state index is 0.190. The molecule has 116 valence electrons. The molecule has 0 radical (unpaired) electrons. The third-order valence-corrected chi connectivity index (χ3v) is 4.19. The Hall–Kier alpha value is -1.62. The predicted octanol–water partition coefficient (Wildman–Crippen LogP) is 3.54. The van der Waals surface area contributed by atoms with Gasteiger partial charge in [-0.2, -0.15) is 5.10 Å². The molecule has 0 aliphatic heterocycles. The second kappa shape index (κ2) is 6.02. The van der Waals surface area contributed by atoms with E-state index in [1.807, 2.05) is 13.8 Å². The molecular formula is C16H26N4O. The minimum Gasteiger partial charge on any atom is -0.361 e. The summed E-state index contributed by atoms with van der Waals surface area (Å²) in [4.78, 5) is 0. The fourth-order valence-electron chi connectivity index (χ4n) is 3.30. The standard InChI is InChI=1S/C16H26N4O/c1-8-20-13(6)15(11(4)18-20)9(2)17-10(3)16-12(5)19-21-14(16)7/h9-10,17H,8H2,1-7H3. The van der Waals surface area contributed by atoms with E-state index in [0.717, 1.165) is 29.3 Å². The number of nitrogens with one attached hydrogen (secondary N) is 1. The van der Waals surface area contributed by atoms with Crippen molar-refractivity contribution in [1.29, 1.82) is 0 Å². The van der Waals surface area contributed by atoms with Gasteiger partial charge in [0.2, 0.25) is 0 Å². The molecule has 0 aliphatic carbocycles. The van der Waals surface area contributed by atoms with E-state index in [1.54, 1.807) is 0 Å². The van der Waals surface area contributed by atoms with E-state index in [0.29, 0.717) is 0 Å². The van der Waals surface area contributed by atoms with Gasteiger partial charge in [0.05, 0.1) is 11.4 Å². The third-order valence-electron chi connectivity index (χ3n) is 4.19. The smallest absolute Gasteiger partial charge is 0.138 e. The summed E-state index contributed by atoms with van der Waals surface area (Å²) in [5.74, 6) is 0.886. The van der Waals surface area contributed by atoms with Gasteiger partial charge in [0.15, 0.2) is 0 Å². The van der Waals surface area contributed by atoms with Crippen molar-refractivity contribution < 1.29 is 4.52 Å². The molecule has 21 heavy (non-hydrogen) atoms. The van der Waals surface area contributed by atoms with Gasteiger partial charge in [0.1, 0.15) is 5.76 Å². The number of nitrogens with zero attached hydrogens (tertiary/aromatic N) is 3. The maximum Gasteiger partial charge on any atom is 0.138 e. The first kappa shape index (κ1) is 15.8. The Balaban J connectivity index is 2.22. The first-order valence-electron chi connectivity index (χ1n) is 7.59. The fraction of sp³-hybridized carbons (Fsp3) is 0.625. The molecule has 2 rings (SSSR count). The van der Waals surface area contributed by atoms with Gasteiger partial charge >= 0.3 is 0 Å². The summed E-state index contributed by atoms with van der Waals surface area (Å²) >= 11 is 0. The summed E-state index contributed by atoms with van der Waals surface area (Å²) in [6, 6.07) is 0.420. The van der Waals surface area contributed by atoms with Crippen LogP contribution >= 0.6 is 0 Å². The molecule has 2 aromatic rings. The van der Waals surface area contributed by atoms with E-state index in [9.17, 15) is 0 Å². The minimum atomic E-state index is 0.190. The molecule has 0 spiro atoms. The lowest BCUT2D eigenvalue weighted by molar-refractivity contribution is 0.389. The zero-order valence-electron chi connectivity index (χ0n) is 14.1. The van der Waals surface area contributed by atoms with Crippen molar-refractivity contribution in [2.24, 2.45) is 0 Å². The average Bonchev–Trinajstić information content (AvgIpc) is 2.89. The lowest BCUT2D eigenvalue weighted by atomic mass is 10.0. The quantitative estimate of drug-likeness (QED) is 0.915. The highest BCUT2D eigenvalue weighted by molar-refractivity contribution is 5.29. The maximum absolute atomic E-state index is 5.27. The Bertz CT molecular complexity index is 607. The summed E-state index contributed by atoms with van der Waals surface area (Å²) < 4.78 is 7.33. The van der Waals surface area contributed by atoms with Crippen LogP contribution in [0.2, 0.25) is 0 Å². The summed E-state index contributed by atoms with van der Waals surface area (Å²) in [6.45, 7) is 15.5. The molecule has 0 bridgehead atoms. The highest BCUT2D eigenvalue weighted by Gasteiger charge is 2.22. The van der Waals surface area contributed by atoms with Gasteiger partial charge in [-0.05, 0) is 48.5 Å². The predicted molar refractivity (Wildman–Crippen MR) is 83.3 cm³/mol. The summed E-state index contributed by atoms with van der Waals surface area (Å²) in [6.07, 6.45) is 0. The Morgan fingerprint density at radius 2 is 1.67 bits per heavy atom. The first-order chi connectivity index (χ1) is 9.86. The van der Waals surface area contributed by atoms with Crippen molar-refractivity contribution in [3.8, 4) is 0 Å². The molecule has 2 aromatic heterocycles. The zero-order chi connectivity index (χ0) is 15.7. The van der Waals surface area contributed by atoms with Crippen LogP contribution in [-0.4, -0.2) is 14.9 Å². The van der Waals surface area contributed by atoms with Crippen molar-refractivity contribution in [2.75, 3.05) is 0 Å². The lowest BCUT2D eigenvalue weighted by Crippen LogP contribution is -2.24. The normalized spacial score (nSPS) is 14.4. The zero-order valence-corrected chi connectivity index (χ0v) is 14.1. The molecule has 0 saturated carbocycles. The summed E-state index contributed by atoms with van der Waals surface area (Å²) in [5, 5.41) is 12.3. The van der Waals surface area contributed by atoms with Gasteiger partial charge < -0.3 is 9.84 Å². The fourth-order valence-corrected chi connectivity index (χ4v) is 3.30. The first-order valence-corrected chi connectivity index (χ1v) is 7.59. The van der Waals surface area contributed by atoms with E-state index in [1.165, 1.54) is 11.3 Å². The van der Waals surface area contributed by atoms with Crippen LogP contribution in [-0.2, 0) is 6.54 Å². The molecule has 0 amide bonds. The molecule has 2 unspecified atom stereocenters. The molecule has 0 saturated heterocycles. The summed E-state index contributed by atoms with van der Waals surface area (Å²) in [7, 11) is 0. The second-order valence-electron chi connectivity index (χ2n) is 5.75. The third kappa shape index (κ3) is 2.88. The van der Waals surface area contributed by atoms with Crippen molar-refractivity contribution >= 4 is 0 Å². The van der Waals surface area contributed by atoms with Crippen molar-refractivity contribution in [3.63, 3.8) is 0 Å².